The molecule has 14 nitrogen and oxygen atoms in total. The Kier molecular flexibility index (Phi) is 10.5. The van der Waals surface area contributed by atoms with Gasteiger partial charge < -0.3 is 34.8 Å². The highest BCUT2D eigenvalue weighted by Gasteiger charge is 2.32. The van der Waals surface area contributed by atoms with E-state index in [9.17, 15) is 29.4 Å². The Morgan fingerprint density at radius 2 is 1.22 bits per heavy atom. The standard InChI is InChI=1S/C25H30Cl2N6O8/c1-33(13-23(37)29-19-9-15(27)17(11-21(19)35)31-25(39)41-3)6-4-32(5-7-33)12-22(36)28-18-8-14(26)16(10-20(18)34)30-24(38)40-2/h8-11H,4-7,12-13H2,1-3H3,(H5-,28,29,30,31,34,35,36,37,38,39)/p+1. The van der Waals surface area contributed by atoms with Crippen molar-refractivity contribution in [2.75, 3.05) is 81.8 Å². The Morgan fingerprint density at radius 3 is 1.66 bits per heavy atom. The average Bonchev–Trinajstić information content (AvgIpc) is 2.90. The molecule has 3 rings (SSSR count). The molecule has 0 bridgehead atoms. The first-order valence-electron chi connectivity index (χ1n) is 12.2. The number of halogens is 2. The molecule has 1 fully saturated rings. The number of likely N-dealkylation sites (N-methyl/N-ethyl adjacent to an activating group) is 1. The maximum absolute atomic E-state index is 12.8. The van der Waals surface area contributed by atoms with Crippen LogP contribution in [0.25, 0.3) is 0 Å². The van der Waals surface area contributed by atoms with E-state index in [4.69, 9.17) is 23.2 Å². The summed E-state index contributed by atoms with van der Waals surface area (Å²) in [5.41, 5.74) is 0.424. The first-order chi connectivity index (χ1) is 19.3. The second-order valence-electron chi connectivity index (χ2n) is 9.53. The summed E-state index contributed by atoms with van der Waals surface area (Å²) in [4.78, 5) is 50.1. The van der Waals surface area contributed by atoms with Gasteiger partial charge in [0.25, 0.3) is 5.91 Å². The number of carbonyl (C=O) groups is 4. The van der Waals surface area contributed by atoms with Gasteiger partial charge in [-0.15, -0.1) is 0 Å². The number of hydrogen-bond acceptors (Lipinski definition) is 9. The molecule has 1 aliphatic heterocycles. The zero-order valence-electron chi connectivity index (χ0n) is 22.5. The van der Waals surface area contributed by atoms with Gasteiger partial charge in [-0.3, -0.25) is 25.1 Å². The summed E-state index contributed by atoms with van der Waals surface area (Å²) in [5.74, 6) is -1.30. The van der Waals surface area contributed by atoms with Crippen LogP contribution in [0.15, 0.2) is 24.3 Å². The summed E-state index contributed by atoms with van der Waals surface area (Å²) in [6.07, 6.45) is -1.52. The first kappa shape index (κ1) is 31.5. The summed E-state index contributed by atoms with van der Waals surface area (Å²) in [7, 11) is 4.29. The molecule has 0 radical (unpaired) electrons. The van der Waals surface area contributed by atoms with Crippen LogP contribution in [-0.2, 0) is 19.1 Å². The number of ether oxygens (including phenoxy) is 2. The molecule has 6 N–H and O–H groups in total. The fourth-order valence-electron chi connectivity index (χ4n) is 4.07. The third kappa shape index (κ3) is 8.75. The highest BCUT2D eigenvalue weighted by molar-refractivity contribution is 6.34. The zero-order chi connectivity index (χ0) is 30.3. The smallest absolute Gasteiger partial charge is 0.411 e. The fraction of sp³-hybridized carbons (Fsp3) is 0.360. The first-order valence-corrected chi connectivity index (χ1v) is 13.0. The summed E-state index contributed by atoms with van der Waals surface area (Å²) >= 11 is 12.3. The molecule has 1 aliphatic rings. The summed E-state index contributed by atoms with van der Waals surface area (Å²) in [5, 5.41) is 30.7. The zero-order valence-corrected chi connectivity index (χ0v) is 24.1. The number of quaternary nitrogens is 1. The number of aromatic hydroxyl groups is 2. The van der Waals surface area contributed by atoms with Gasteiger partial charge in [-0.25, -0.2) is 9.59 Å². The predicted molar refractivity (Wildman–Crippen MR) is 153 cm³/mol. The fourth-order valence-corrected chi connectivity index (χ4v) is 4.49. The van der Waals surface area contributed by atoms with E-state index in [0.29, 0.717) is 30.7 Å². The lowest BCUT2D eigenvalue weighted by molar-refractivity contribution is -0.905. The summed E-state index contributed by atoms with van der Waals surface area (Å²) in [6.45, 7) is 2.34. The quantitative estimate of drug-likeness (QED) is 0.193. The van der Waals surface area contributed by atoms with Gasteiger partial charge >= 0.3 is 12.2 Å². The van der Waals surface area contributed by atoms with Crippen molar-refractivity contribution < 1.29 is 43.3 Å². The van der Waals surface area contributed by atoms with E-state index in [1.165, 1.54) is 38.5 Å². The molecule has 2 aromatic carbocycles. The number of carbonyl (C=O) groups excluding carboxylic acids is 4. The van der Waals surface area contributed by atoms with Crippen molar-refractivity contribution >= 4 is 70.0 Å². The molecule has 0 spiro atoms. The Morgan fingerprint density at radius 1 is 0.780 bits per heavy atom. The second kappa shape index (κ2) is 13.6. The predicted octanol–water partition coefficient (Wildman–Crippen LogP) is 3.10. The lowest BCUT2D eigenvalue weighted by Gasteiger charge is -2.41. The largest absolute Gasteiger partial charge is 0.506 e. The minimum Gasteiger partial charge on any atom is -0.506 e. The molecule has 4 amide bonds. The molecule has 1 saturated heterocycles. The van der Waals surface area contributed by atoms with E-state index < -0.39 is 12.2 Å². The molecule has 41 heavy (non-hydrogen) atoms. The molecule has 0 aromatic heterocycles. The van der Waals surface area contributed by atoms with Crippen LogP contribution in [0.5, 0.6) is 11.5 Å². The average molecular weight is 614 g/mol. The van der Waals surface area contributed by atoms with Crippen molar-refractivity contribution in [1.29, 1.82) is 0 Å². The third-order valence-corrected chi connectivity index (χ3v) is 6.99. The van der Waals surface area contributed by atoms with Crippen LogP contribution in [0, 0.1) is 0 Å². The van der Waals surface area contributed by atoms with Crippen LogP contribution in [0.1, 0.15) is 0 Å². The number of benzene rings is 2. The van der Waals surface area contributed by atoms with E-state index in [1.54, 1.807) is 0 Å². The number of piperazine rings is 1. The monoisotopic (exact) mass is 613 g/mol. The van der Waals surface area contributed by atoms with Crippen molar-refractivity contribution in [2.45, 2.75) is 0 Å². The number of amides is 4. The van der Waals surface area contributed by atoms with Crippen molar-refractivity contribution in [2.24, 2.45) is 0 Å². The molecule has 0 aliphatic carbocycles. The minimum absolute atomic E-state index is 0.0454. The molecule has 1 heterocycles. The number of hydrogen-bond donors (Lipinski definition) is 6. The van der Waals surface area contributed by atoms with Gasteiger partial charge in [0.05, 0.1) is 73.7 Å². The number of phenolic OH excluding ortho intramolecular Hbond substituents is 2. The molecule has 222 valence electrons. The second-order valence-corrected chi connectivity index (χ2v) is 10.3. The number of phenols is 2. The minimum atomic E-state index is -0.762. The Hall–Kier alpha value is -3.98. The maximum atomic E-state index is 12.8. The highest BCUT2D eigenvalue weighted by Crippen LogP contribution is 2.35. The van der Waals surface area contributed by atoms with E-state index >= 15 is 0 Å². The van der Waals surface area contributed by atoms with E-state index in [2.05, 4.69) is 30.7 Å². The maximum Gasteiger partial charge on any atom is 0.411 e. The SMILES string of the molecule is COC(=O)Nc1cc(O)c(NC(=O)CN2CC[N+](C)(CC(=O)Nc3cc(Cl)c(NC(=O)OC)cc3O)CC2)cc1Cl. The summed E-state index contributed by atoms with van der Waals surface area (Å²) < 4.78 is 9.40. The highest BCUT2D eigenvalue weighted by atomic mass is 35.5. The van der Waals surface area contributed by atoms with Gasteiger partial charge in [0, 0.05) is 25.2 Å². The molecular weight excluding hydrogens is 583 g/mol. The van der Waals surface area contributed by atoms with E-state index in [-0.39, 0.29) is 69.2 Å². The number of rotatable bonds is 8. The van der Waals surface area contributed by atoms with Crippen LogP contribution in [0.4, 0.5) is 32.3 Å². The number of methoxy groups -OCH3 is 2. The normalized spacial score (nSPS) is 14.5. The molecular formula is C25H31Cl2N6O8+. The van der Waals surface area contributed by atoms with Crippen molar-refractivity contribution in [3.63, 3.8) is 0 Å². The van der Waals surface area contributed by atoms with Crippen molar-refractivity contribution in [3.8, 4) is 11.5 Å². The molecule has 0 atom stereocenters. The third-order valence-electron chi connectivity index (χ3n) is 6.37. The molecule has 16 heteroatoms. The van der Waals surface area contributed by atoms with Gasteiger partial charge in [-0.05, 0) is 12.1 Å². The van der Waals surface area contributed by atoms with Gasteiger partial charge in [-0.1, -0.05) is 23.2 Å². The van der Waals surface area contributed by atoms with Crippen LogP contribution in [0.2, 0.25) is 10.0 Å². The van der Waals surface area contributed by atoms with E-state index in [0.717, 1.165) is 0 Å². The van der Waals surface area contributed by atoms with Gasteiger partial charge in [0.2, 0.25) is 5.91 Å². The molecule has 0 saturated carbocycles. The Balaban J connectivity index is 1.51. The van der Waals surface area contributed by atoms with Crippen LogP contribution in [0.3, 0.4) is 0 Å². The van der Waals surface area contributed by atoms with Crippen molar-refractivity contribution in [3.05, 3.63) is 34.3 Å². The number of anilines is 4. The van der Waals surface area contributed by atoms with Gasteiger partial charge in [0.1, 0.15) is 11.5 Å². The lowest BCUT2D eigenvalue weighted by atomic mass is 10.2. The van der Waals surface area contributed by atoms with Gasteiger partial charge in [-0.2, -0.15) is 0 Å². The van der Waals surface area contributed by atoms with Gasteiger partial charge in [0.15, 0.2) is 6.54 Å². The van der Waals surface area contributed by atoms with Crippen molar-refractivity contribution in [1.82, 2.24) is 4.90 Å². The summed E-state index contributed by atoms with van der Waals surface area (Å²) in [6, 6.07) is 5.04. The van der Waals surface area contributed by atoms with E-state index in [1.807, 2.05) is 11.9 Å². The Bertz CT molecular complexity index is 1330. The number of nitrogens with one attached hydrogen (secondary N) is 4. The Labute approximate surface area is 245 Å². The van der Waals surface area contributed by atoms with Crippen LogP contribution < -0.4 is 21.3 Å². The lowest BCUT2D eigenvalue weighted by Crippen LogP contribution is -2.60. The van der Waals surface area contributed by atoms with Crippen LogP contribution >= 0.6 is 23.2 Å². The topological polar surface area (TPSA) is 179 Å². The van der Waals surface area contributed by atoms with Crippen LogP contribution in [-0.4, -0.2) is 104 Å². The molecule has 2 aromatic rings. The number of nitrogens with zero attached hydrogens (tertiary/aromatic N) is 2. The molecule has 0 unspecified atom stereocenters.